The second-order valence-corrected chi connectivity index (χ2v) is 6.19. The molecular weight excluding hydrogens is 288 g/mol. The van der Waals surface area contributed by atoms with Crippen LogP contribution < -0.4 is 4.74 Å². The zero-order chi connectivity index (χ0) is 16.1. The lowest BCUT2D eigenvalue weighted by atomic mass is 10.0. The van der Waals surface area contributed by atoms with E-state index in [1.54, 1.807) is 7.11 Å². The van der Waals surface area contributed by atoms with E-state index in [-0.39, 0.29) is 0 Å². The van der Waals surface area contributed by atoms with Gasteiger partial charge in [-0.15, -0.1) is 0 Å². The summed E-state index contributed by atoms with van der Waals surface area (Å²) in [6, 6.07) is 5.39. The molecule has 0 spiro atoms. The number of nitrogens with zero attached hydrogens (tertiary/aromatic N) is 4. The van der Waals surface area contributed by atoms with E-state index in [1.807, 2.05) is 18.6 Å². The lowest BCUT2D eigenvalue weighted by Gasteiger charge is -2.24. The van der Waals surface area contributed by atoms with Gasteiger partial charge in [0.1, 0.15) is 0 Å². The number of methoxy groups -OCH3 is 1. The van der Waals surface area contributed by atoms with E-state index in [0.29, 0.717) is 12.1 Å². The molecule has 1 aliphatic heterocycles. The molecular formula is C18H24N4O. The van der Waals surface area contributed by atoms with E-state index in [9.17, 15) is 0 Å². The van der Waals surface area contributed by atoms with Gasteiger partial charge in [0.15, 0.2) is 0 Å². The third-order valence-corrected chi connectivity index (χ3v) is 4.48. The largest absolute Gasteiger partial charge is 0.467 e. The highest BCUT2D eigenvalue weighted by atomic mass is 16.5. The maximum atomic E-state index is 5.02. The summed E-state index contributed by atoms with van der Waals surface area (Å²) < 4.78 is 5.02. The lowest BCUT2D eigenvalue weighted by molar-refractivity contribution is 0.234. The fourth-order valence-corrected chi connectivity index (χ4v) is 3.29. The van der Waals surface area contributed by atoms with Crippen molar-refractivity contribution in [2.75, 3.05) is 13.7 Å². The van der Waals surface area contributed by atoms with Crippen molar-refractivity contribution in [3.05, 3.63) is 47.5 Å². The molecule has 0 saturated carbocycles. The molecule has 3 rings (SSSR count). The van der Waals surface area contributed by atoms with Crippen LogP contribution in [0.5, 0.6) is 6.01 Å². The molecule has 0 aromatic carbocycles. The van der Waals surface area contributed by atoms with Gasteiger partial charge in [0, 0.05) is 42.4 Å². The number of aromatic nitrogens is 3. The number of pyridine rings is 1. The molecule has 5 nitrogen and oxygen atoms in total. The molecule has 0 bridgehead atoms. The minimum atomic E-state index is 0.430. The molecule has 1 saturated heterocycles. The Morgan fingerprint density at radius 3 is 2.78 bits per heavy atom. The Labute approximate surface area is 137 Å². The summed E-state index contributed by atoms with van der Waals surface area (Å²) in [5.41, 5.74) is 3.63. The predicted octanol–water partition coefficient (Wildman–Crippen LogP) is 2.79. The van der Waals surface area contributed by atoms with Crippen molar-refractivity contribution in [1.29, 1.82) is 0 Å². The third kappa shape index (κ3) is 4.26. The minimum Gasteiger partial charge on any atom is -0.467 e. The van der Waals surface area contributed by atoms with Crippen LogP contribution in [0.3, 0.4) is 0 Å². The number of hydrogen-bond donors (Lipinski definition) is 0. The Hall–Kier alpha value is -2.01. The van der Waals surface area contributed by atoms with E-state index in [2.05, 4.69) is 38.9 Å². The van der Waals surface area contributed by atoms with Gasteiger partial charge in [-0.3, -0.25) is 9.88 Å². The summed E-state index contributed by atoms with van der Waals surface area (Å²) >= 11 is 0. The molecule has 3 heterocycles. The SMILES string of the molecule is COc1ncc(CN2CCC[C@H]2CCc2ccnc(C)c2)cn1. The number of likely N-dealkylation sites (tertiary alicyclic amines) is 1. The summed E-state index contributed by atoms with van der Waals surface area (Å²) in [6.07, 6.45) is 10.5. The van der Waals surface area contributed by atoms with Gasteiger partial charge in [0.25, 0.3) is 0 Å². The highest BCUT2D eigenvalue weighted by Gasteiger charge is 2.24. The maximum absolute atomic E-state index is 5.02. The van der Waals surface area contributed by atoms with E-state index in [0.717, 1.165) is 30.8 Å². The van der Waals surface area contributed by atoms with Gasteiger partial charge < -0.3 is 4.74 Å². The topological polar surface area (TPSA) is 51.1 Å². The fourth-order valence-electron chi connectivity index (χ4n) is 3.29. The first-order chi connectivity index (χ1) is 11.2. The van der Waals surface area contributed by atoms with Crippen LogP contribution in [0.25, 0.3) is 0 Å². The van der Waals surface area contributed by atoms with Crippen LogP contribution in [-0.2, 0) is 13.0 Å². The normalized spacial score (nSPS) is 18.3. The second kappa shape index (κ2) is 7.51. The van der Waals surface area contributed by atoms with Gasteiger partial charge in [0.05, 0.1) is 7.11 Å². The van der Waals surface area contributed by atoms with E-state index < -0.39 is 0 Å². The molecule has 0 unspecified atom stereocenters. The number of ether oxygens (including phenoxy) is 1. The quantitative estimate of drug-likeness (QED) is 0.821. The summed E-state index contributed by atoms with van der Waals surface area (Å²) in [4.78, 5) is 15.2. The molecule has 0 N–H and O–H groups in total. The smallest absolute Gasteiger partial charge is 0.316 e. The number of aryl methyl sites for hydroxylation is 2. The summed E-state index contributed by atoms with van der Waals surface area (Å²) in [7, 11) is 1.59. The Balaban J connectivity index is 1.56. The summed E-state index contributed by atoms with van der Waals surface area (Å²) in [6.45, 7) is 4.13. The highest BCUT2D eigenvalue weighted by Crippen LogP contribution is 2.24. The van der Waals surface area contributed by atoms with Crippen molar-refractivity contribution in [3.63, 3.8) is 0 Å². The van der Waals surface area contributed by atoms with Crippen molar-refractivity contribution in [2.45, 2.75) is 45.2 Å². The van der Waals surface area contributed by atoms with Gasteiger partial charge in [0.2, 0.25) is 0 Å². The van der Waals surface area contributed by atoms with Gasteiger partial charge in [-0.1, -0.05) is 0 Å². The molecule has 1 atom stereocenters. The second-order valence-electron chi connectivity index (χ2n) is 6.19. The summed E-state index contributed by atoms with van der Waals surface area (Å²) in [5.74, 6) is 0. The first-order valence-corrected chi connectivity index (χ1v) is 8.25. The van der Waals surface area contributed by atoms with Gasteiger partial charge in [-0.2, -0.15) is 0 Å². The molecule has 2 aromatic heterocycles. The van der Waals surface area contributed by atoms with Gasteiger partial charge >= 0.3 is 6.01 Å². The molecule has 0 radical (unpaired) electrons. The van der Waals surface area contributed by atoms with Gasteiger partial charge in [-0.05, 0) is 56.8 Å². The van der Waals surface area contributed by atoms with Crippen molar-refractivity contribution in [3.8, 4) is 6.01 Å². The van der Waals surface area contributed by atoms with Crippen molar-refractivity contribution in [2.24, 2.45) is 0 Å². The number of hydrogen-bond acceptors (Lipinski definition) is 5. The minimum absolute atomic E-state index is 0.430. The monoisotopic (exact) mass is 312 g/mol. The van der Waals surface area contributed by atoms with Crippen LogP contribution in [0, 0.1) is 6.92 Å². The van der Waals surface area contributed by atoms with Gasteiger partial charge in [-0.25, -0.2) is 9.97 Å². The molecule has 5 heteroatoms. The summed E-state index contributed by atoms with van der Waals surface area (Å²) in [5, 5.41) is 0. The average Bonchev–Trinajstić information content (AvgIpc) is 3.01. The van der Waals surface area contributed by atoms with E-state index in [1.165, 1.54) is 24.8 Å². The highest BCUT2D eigenvalue weighted by molar-refractivity contribution is 5.15. The zero-order valence-electron chi connectivity index (χ0n) is 13.9. The van der Waals surface area contributed by atoms with Crippen molar-refractivity contribution < 1.29 is 4.74 Å². The van der Waals surface area contributed by atoms with Crippen LogP contribution in [0.2, 0.25) is 0 Å². The van der Waals surface area contributed by atoms with E-state index in [4.69, 9.17) is 4.74 Å². The van der Waals surface area contributed by atoms with Crippen molar-refractivity contribution in [1.82, 2.24) is 19.9 Å². The molecule has 2 aromatic rings. The molecule has 122 valence electrons. The number of rotatable bonds is 6. The first kappa shape index (κ1) is 15.9. The van der Waals surface area contributed by atoms with Crippen LogP contribution >= 0.6 is 0 Å². The van der Waals surface area contributed by atoms with Crippen molar-refractivity contribution >= 4 is 0 Å². The third-order valence-electron chi connectivity index (χ3n) is 4.48. The first-order valence-electron chi connectivity index (χ1n) is 8.25. The molecule has 1 aliphatic rings. The van der Waals surface area contributed by atoms with Crippen LogP contribution in [0.1, 0.15) is 36.1 Å². The maximum Gasteiger partial charge on any atom is 0.316 e. The lowest BCUT2D eigenvalue weighted by Crippen LogP contribution is -2.29. The molecule has 1 fully saturated rings. The molecule has 0 aliphatic carbocycles. The standard InChI is InChI=1S/C18H24N4O/c1-14-10-15(7-8-19-14)5-6-17-4-3-9-22(17)13-16-11-20-18(23-2)21-12-16/h7-8,10-12,17H,3-6,9,13H2,1-2H3/t17-/m0/s1. The molecule has 0 amide bonds. The molecule has 23 heavy (non-hydrogen) atoms. The predicted molar refractivity (Wildman–Crippen MR) is 89.3 cm³/mol. The Kier molecular flexibility index (Phi) is 5.18. The fraction of sp³-hybridized carbons (Fsp3) is 0.500. The van der Waals surface area contributed by atoms with Crippen LogP contribution in [0.15, 0.2) is 30.7 Å². The van der Waals surface area contributed by atoms with E-state index >= 15 is 0 Å². The zero-order valence-corrected chi connectivity index (χ0v) is 13.9. The Morgan fingerprint density at radius 2 is 2.04 bits per heavy atom. The van der Waals surface area contributed by atoms with Crippen LogP contribution in [0.4, 0.5) is 0 Å². The van der Waals surface area contributed by atoms with Crippen LogP contribution in [-0.4, -0.2) is 39.5 Å². The Bertz CT molecular complexity index is 629. The Morgan fingerprint density at radius 1 is 1.22 bits per heavy atom. The average molecular weight is 312 g/mol.